The van der Waals surface area contributed by atoms with Gasteiger partial charge in [0.15, 0.2) is 0 Å². The van der Waals surface area contributed by atoms with Crippen molar-refractivity contribution in [1.29, 1.82) is 0 Å². The smallest absolute Gasteiger partial charge is 0.0816 e. The maximum absolute atomic E-state index is 10.1. The summed E-state index contributed by atoms with van der Waals surface area (Å²) in [6.07, 6.45) is 3.57. The van der Waals surface area contributed by atoms with Crippen LogP contribution in [0.3, 0.4) is 0 Å². The van der Waals surface area contributed by atoms with Gasteiger partial charge in [0.25, 0.3) is 0 Å². The third-order valence-electron chi connectivity index (χ3n) is 2.94. The molecule has 1 aromatic rings. The van der Waals surface area contributed by atoms with Crippen molar-refractivity contribution in [3.63, 3.8) is 0 Å². The van der Waals surface area contributed by atoms with Gasteiger partial charge in [0.2, 0.25) is 0 Å². The highest BCUT2D eigenvalue weighted by Gasteiger charge is 2.11. The standard InChI is InChI=1S/C14H22ClNOS/c1-16(9-5-11-18-2)10-8-14(17)12-6-3-4-7-13(12)15/h3-4,6-7,14,17H,5,8-11H2,1-2H3. The molecule has 0 radical (unpaired) electrons. The Hall–Kier alpha value is -0.220. The fourth-order valence-corrected chi connectivity index (χ4v) is 2.51. The van der Waals surface area contributed by atoms with Gasteiger partial charge >= 0.3 is 0 Å². The number of hydrogen-bond acceptors (Lipinski definition) is 3. The summed E-state index contributed by atoms with van der Waals surface area (Å²) in [6, 6.07) is 7.50. The predicted octanol–water partition coefficient (Wildman–Crippen LogP) is 3.45. The quantitative estimate of drug-likeness (QED) is 0.741. The third kappa shape index (κ3) is 5.61. The molecule has 0 spiro atoms. The van der Waals surface area contributed by atoms with Gasteiger partial charge in [-0.15, -0.1) is 0 Å². The molecular formula is C14H22ClNOS. The molecule has 0 fully saturated rings. The van der Waals surface area contributed by atoms with Gasteiger partial charge in [-0.2, -0.15) is 11.8 Å². The monoisotopic (exact) mass is 287 g/mol. The summed E-state index contributed by atoms with van der Waals surface area (Å²) in [6.45, 7) is 1.97. The zero-order chi connectivity index (χ0) is 13.4. The Morgan fingerprint density at radius 3 is 2.72 bits per heavy atom. The fraction of sp³-hybridized carbons (Fsp3) is 0.571. The molecule has 102 valence electrons. The molecule has 1 aromatic carbocycles. The van der Waals surface area contributed by atoms with Gasteiger partial charge in [-0.05, 0) is 50.1 Å². The van der Waals surface area contributed by atoms with Gasteiger partial charge in [-0.25, -0.2) is 0 Å². The first kappa shape index (κ1) is 15.8. The molecule has 0 heterocycles. The minimum Gasteiger partial charge on any atom is -0.388 e. The van der Waals surface area contributed by atoms with E-state index in [1.807, 2.05) is 36.0 Å². The largest absolute Gasteiger partial charge is 0.388 e. The van der Waals surface area contributed by atoms with Crippen molar-refractivity contribution in [3.05, 3.63) is 34.9 Å². The number of rotatable bonds is 8. The van der Waals surface area contributed by atoms with Crippen LogP contribution in [0.4, 0.5) is 0 Å². The number of nitrogens with zero attached hydrogens (tertiary/aromatic N) is 1. The van der Waals surface area contributed by atoms with Crippen LogP contribution in [0.25, 0.3) is 0 Å². The second kappa shape index (κ2) is 8.81. The first-order chi connectivity index (χ1) is 8.65. The van der Waals surface area contributed by atoms with Crippen molar-refractivity contribution in [2.75, 3.05) is 32.1 Å². The normalized spacial score (nSPS) is 12.9. The Bertz CT molecular complexity index is 348. The molecule has 1 unspecified atom stereocenters. The highest BCUT2D eigenvalue weighted by Crippen LogP contribution is 2.24. The van der Waals surface area contributed by atoms with E-state index in [2.05, 4.69) is 18.2 Å². The Balaban J connectivity index is 2.32. The van der Waals surface area contributed by atoms with E-state index in [-0.39, 0.29) is 0 Å². The van der Waals surface area contributed by atoms with Gasteiger partial charge in [0.1, 0.15) is 0 Å². The Kier molecular flexibility index (Phi) is 7.75. The summed E-state index contributed by atoms with van der Waals surface area (Å²) in [7, 11) is 2.10. The molecular weight excluding hydrogens is 266 g/mol. The number of aliphatic hydroxyl groups is 1. The molecule has 0 aliphatic carbocycles. The van der Waals surface area contributed by atoms with Gasteiger partial charge < -0.3 is 10.0 Å². The number of thioether (sulfide) groups is 1. The van der Waals surface area contributed by atoms with E-state index in [0.29, 0.717) is 5.02 Å². The summed E-state index contributed by atoms with van der Waals surface area (Å²) >= 11 is 7.93. The van der Waals surface area contributed by atoms with Crippen LogP contribution in [0.2, 0.25) is 5.02 Å². The van der Waals surface area contributed by atoms with Crippen LogP contribution in [0.5, 0.6) is 0 Å². The SMILES string of the molecule is CSCCCN(C)CCC(O)c1ccccc1Cl. The molecule has 0 aliphatic rings. The highest BCUT2D eigenvalue weighted by atomic mass is 35.5. The molecule has 1 rings (SSSR count). The van der Waals surface area contributed by atoms with Crippen LogP contribution < -0.4 is 0 Å². The summed E-state index contributed by atoms with van der Waals surface area (Å²) in [4.78, 5) is 2.26. The summed E-state index contributed by atoms with van der Waals surface area (Å²) in [5.74, 6) is 1.19. The van der Waals surface area contributed by atoms with E-state index < -0.39 is 6.10 Å². The summed E-state index contributed by atoms with van der Waals surface area (Å²) in [5, 5.41) is 10.8. The average Bonchev–Trinajstić information content (AvgIpc) is 2.37. The first-order valence-electron chi connectivity index (χ1n) is 6.25. The number of hydrogen-bond donors (Lipinski definition) is 1. The zero-order valence-electron chi connectivity index (χ0n) is 11.1. The Labute approximate surface area is 119 Å². The second-order valence-electron chi connectivity index (χ2n) is 4.48. The van der Waals surface area contributed by atoms with Crippen molar-refractivity contribution in [3.8, 4) is 0 Å². The molecule has 0 saturated heterocycles. The van der Waals surface area contributed by atoms with Gasteiger partial charge in [-0.1, -0.05) is 29.8 Å². The lowest BCUT2D eigenvalue weighted by molar-refractivity contribution is 0.149. The molecule has 1 N–H and O–H groups in total. The maximum atomic E-state index is 10.1. The molecule has 2 nitrogen and oxygen atoms in total. The molecule has 0 aromatic heterocycles. The lowest BCUT2D eigenvalue weighted by Gasteiger charge is -2.19. The van der Waals surface area contributed by atoms with Gasteiger partial charge in [-0.3, -0.25) is 0 Å². The number of benzene rings is 1. The third-order valence-corrected chi connectivity index (χ3v) is 3.98. The molecule has 18 heavy (non-hydrogen) atoms. The summed E-state index contributed by atoms with van der Waals surface area (Å²) in [5.41, 5.74) is 0.830. The predicted molar refractivity (Wildman–Crippen MR) is 81.5 cm³/mol. The van der Waals surface area contributed by atoms with E-state index in [9.17, 15) is 5.11 Å². The molecule has 0 amide bonds. The van der Waals surface area contributed by atoms with Crippen LogP contribution in [0.15, 0.2) is 24.3 Å². The zero-order valence-corrected chi connectivity index (χ0v) is 12.7. The number of aliphatic hydroxyl groups excluding tert-OH is 1. The van der Waals surface area contributed by atoms with Crippen molar-refractivity contribution in [2.24, 2.45) is 0 Å². The lowest BCUT2D eigenvalue weighted by atomic mass is 10.1. The first-order valence-corrected chi connectivity index (χ1v) is 8.02. The van der Waals surface area contributed by atoms with E-state index in [0.717, 1.165) is 25.1 Å². The van der Waals surface area contributed by atoms with Crippen molar-refractivity contribution >= 4 is 23.4 Å². The van der Waals surface area contributed by atoms with Crippen LogP contribution in [-0.2, 0) is 0 Å². The summed E-state index contributed by atoms with van der Waals surface area (Å²) < 4.78 is 0. The topological polar surface area (TPSA) is 23.5 Å². The molecule has 0 saturated carbocycles. The Morgan fingerprint density at radius 2 is 2.06 bits per heavy atom. The molecule has 1 atom stereocenters. The lowest BCUT2D eigenvalue weighted by Crippen LogP contribution is -2.23. The minimum atomic E-state index is -0.471. The Morgan fingerprint density at radius 1 is 1.33 bits per heavy atom. The maximum Gasteiger partial charge on any atom is 0.0816 e. The average molecular weight is 288 g/mol. The van der Waals surface area contributed by atoms with Gasteiger partial charge in [0.05, 0.1) is 6.10 Å². The van der Waals surface area contributed by atoms with E-state index in [1.54, 1.807) is 0 Å². The van der Waals surface area contributed by atoms with E-state index in [4.69, 9.17) is 11.6 Å². The second-order valence-corrected chi connectivity index (χ2v) is 5.87. The van der Waals surface area contributed by atoms with Crippen LogP contribution in [0.1, 0.15) is 24.5 Å². The van der Waals surface area contributed by atoms with Crippen molar-refractivity contribution < 1.29 is 5.11 Å². The minimum absolute atomic E-state index is 0.471. The van der Waals surface area contributed by atoms with E-state index in [1.165, 1.54) is 12.2 Å². The molecule has 0 bridgehead atoms. The fourth-order valence-electron chi connectivity index (χ4n) is 1.83. The number of halogens is 1. The van der Waals surface area contributed by atoms with Gasteiger partial charge in [0, 0.05) is 11.6 Å². The van der Waals surface area contributed by atoms with Crippen LogP contribution in [-0.4, -0.2) is 42.2 Å². The van der Waals surface area contributed by atoms with Crippen LogP contribution in [0, 0.1) is 0 Å². The van der Waals surface area contributed by atoms with Crippen LogP contribution >= 0.6 is 23.4 Å². The van der Waals surface area contributed by atoms with Crippen molar-refractivity contribution in [2.45, 2.75) is 18.9 Å². The highest BCUT2D eigenvalue weighted by molar-refractivity contribution is 7.98. The van der Waals surface area contributed by atoms with Crippen molar-refractivity contribution in [1.82, 2.24) is 4.90 Å². The molecule has 4 heteroatoms. The van der Waals surface area contributed by atoms with E-state index >= 15 is 0 Å². The molecule has 0 aliphatic heterocycles.